The van der Waals surface area contributed by atoms with E-state index in [1.807, 2.05) is 37.3 Å². The van der Waals surface area contributed by atoms with Crippen molar-refractivity contribution in [2.45, 2.75) is 17.9 Å². The molecule has 3 rings (SSSR count). The summed E-state index contributed by atoms with van der Waals surface area (Å²) in [6, 6.07) is 22.2. The Bertz CT molecular complexity index is 1180. The molecule has 0 radical (unpaired) electrons. The third-order valence-corrected chi connectivity index (χ3v) is 5.82. The Balaban J connectivity index is 1.63. The minimum Gasteiger partial charge on any atom is -0.452 e. The van der Waals surface area contributed by atoms with E-state index in [0.717, 1.165) is 5.56 Å². The molecular formula is C25H24N2O5S. The maximum absolute atomic E-state index is 12.8. The first-order chi connectivity index (χ1) is 15.9. The number of para-hydroxylation sites is 1. The highest BCUT2D eigenvalue weighted by Crippen LogP contribution is 2.18. The summed E-state index contributed by atoms with van der Waals surface area (Å²) >= 11 is 0. The number of nitrogens with one attached hydrogen (secondary N) is 2. The van der Waals surface area contributed by atoms with Gasteiger partial charge in [-0.1, -0.05) is 54.6 Å². The van der Waals surface area contributed by atoms with E-state index in [-0.39, 0.29) is 23.1 Å². The molecule has 0 heterocycles. The molecule has 2 atom stereocenters. The second kappa shape index (κ2) is 11.2. The first-order valence-corrected chi connectivity index (χ1v) is 11.8. The van der Waals surface area contributed by atoms with Crippen molar-refractivity contribution in [3.8, 4) is 0 Å². The van der Waals surface area contributed by atoms with E-state index in [4.69, 9.17) is 4.74 Å². The number of carbonyl (C=O) groups excluding carboxylic acids is 3. The van der Waals surface area contributed by atoms with Gasteiger partial charge in [0.05, 0.1) is 38.6 Å². The van der Waals surface area contributed by atoms with Crippen LogP contribution in [0.4, 0.5) is 5.69 Å². The van der Waals surface area contributed by atoms with Crippen LogP contribution in [0.5, 0.6) is 0 Å². The van der Waals surface area contributed by atoms with Gasteiger partial charge in [-0.25, -0.2) is 4.79 Å². The lowest BCUT2D eigenvalue weighted by molar-refractivity contribution is -0.119. The molecule has 3 aromatic rings. The summed E-state index contributed by atoms with van der Waals surface area (Å²) in [4.78, 5) is 37.9. The zero-order valence-corrected chi connectivity index (χ0v) is 19.1. The first kappa shape index (κ1) is 23.9. The van der Waals surface area contributed by atoms with Crippen molar-refractivity contribution in [1.29, 1.82) is 0 Å². The summed E-state index contributed by atoms with van der Waals surface area (Å²) in [5, 5.41) is 5.52. The minimum atomic E-state index is -1.38. The Labute approximate surface area is 194 Å². The number of rotatable bonds is 8. The van der Waals surface area contributed by atoms with Crippen molar-refractivity contribution < 1.29 is 23.3 Å². The van der Waals surface area contributed by atoms with Gasteiger partial charge in [0.15, 0.2) is 6.61 Å². The fourth-order valence-corrected chi connectivity index (χ4v) is 3.90. The number of ether oxygens (including phenoxy) is 1. The zero-order chi connectivity index (χ0) is 23.8. The monoisotopic (exact) mass is 464 g/mol. The van der Waals surface area contributed by atoms with Crippen LogP contribution in [-0.2, 0) is 20.3 Å². The van der Waals surface area contributed by atoms with Crippen molar-refractivity contribution in [3.63, 3.8) is 0 Å². The second-order valence-corrected chi connectivity index (χ2v) is 8.57. The fourth-order valence-electron chi connectivity index (χ4n) is 3.17. The molecule has 2 amide bonds. The number of esters is 1. The van der Waals surface area contributed by atoms with Crippen molar-refractivity contribution in [2.24, 2.45) is 0 Å². The molecule has 0 bridgehead atoms. The molecule has 170 valence electrons. The van der Waals surface area contributed by atoms with Crippen LogP contribution in [-0.4, -0.2) is 34.9 Å². The second-order valence-electron chi connectivity index (χ2n) is 7.23. The maximum atomic E-state index is 12.8. The lowest BCUT2D eigenvalue weighted by atomic mass is 10.1. The highest BCUT2D eigenvalue weighted by Gasteiger charge is 2.18. The highest BCUT2D eigenvalue weighted by molar-refractivity contribution is 7.84. The summed E-state index contributed by atoms with van der Waals surface area (Å²) in [5.74, 6) is -1.70. The summed E-state index contributed by atoms with van der Waals surface area (Å²) in [5.41, 5.74) is 1.67. The SMILES string of the molecule is C[C@@H](NC(=O)c1ccccc1NC(=O)COC(=O)c1ccccc1[S@](C)=O)c1ccccc1. The van der Waals surface area contributed by atoms with Crippen molar-refractivity contribution in [2.75, 3.05) is 18.2 Å². The van der Waals surface area contributed by atoms with E-state index in [1.165, 1.54) is 12.3 Å². The van der Waals surface area contributed by atoms with Gasteiger partial charge in [0.1, 0.15) is 0 Å². The molecule has 33 heavy (non-hydrogen) atoms. The molecule has 0 saturated heterocycles. The lowest BCUT2D eigenvalue weighted by Gasteiger charge is -2.16. The van der Waals surface area contributed by atoms with Crippen LogP contribution in [0.25, 0.3) is 0 Å². The molecule has 2 N–H and O–H groups in total. The van der Waals surface area contributed by atoms with Crippen molar-refractivity contribution in [3.05, 3.63) is 95.6 Å². The number of hydrogen-bond acceptors (Lipinski definition) is 5. The fraction of sp³-hybridized carbons (Fsp3) is 0.160. The zero-order valence-electron chi connectivity index (χ0n) is 18.2. The number of carbonyl (C=O) groups is 3. The molecule has 0 spiro atoms. The standard InChI is InChI=1S/C25H24N2O5S/c1-17(18-10-4-3-5-11-18)26-24(29)19-12-6-8-14-21(19)27-23(28)16-32-25(30)20-13-7-9-15-22(20)33(2)31/h3-15,17H,16H2,1-2H3,(H,26,29)(H,27,28)/t17-,33+/m1/s1. The molecule has 7 nitrogen and oxygen atoms in total. The van der Waals surface area contributed by atoms with Crippen LogP contribution in [0.2, 0.25) is 0 Å². The largest absolute Gasteiger partial charge is 0.452 e. The van der Waals surface area contributed by atoms with Crippen molar-refractivity contribution in [1.82, 2.24) is 5.32 Å². The van der Waals surface area contributed by atoms with Crippen molar-refractivity contribution >= 4 is 34.3 Å². The normalized spacial score (nSPS) is 12.3. The average molecular weight is 465 g/mol. The summed E-state index contributed by atoms with van der Waals surface area (Å²) < 4.78 is 16.9. The molecule has 0 aliphatic rings. The van der Waals surface area contributed by atoms with Gasteiger partial charge >= 0.3 is 5.97 Å². The lowest BCUT2D eigenvalue weighted by Crippen LogP contribution is -2.28. The highest BCUT2D eigenvalue weighted by atomic mass is 32.2. The first-order valence-electron chi connectivity index (χ1n) is 10.2. The van der Waals surface area contributed by atoms with Crippen LogP contribution in [0.3, 0.4) is 0 Å². The van der Waals surface area contributed by atoms with E-state index >= 15 is 0 Å². The Kier molecular flexibility index (Phi) is 8.10. The molecule has 3 aromatic carbocycles. The number of benzene rings is 3. The van der Waals surface area contributed by atoms with E-state index in [9.17, 15) is 18.6 Å². The van der Waals surface area contributed by atoms with Crippen LogP contribution >= 0.6 is 0 Å². The maximum Gasteiger partial charge on any atom is 0.339 e. The van der Waals surface area contributed by atoms with Gasteiger partial charge in [-0.15, -0.1) is 0 Å². The topological polar surface area (TPSA) is 102 Å². The molecule has 0 aromatic heterocycles. The summed E-state index contributed by atoms with van der Waals surface area (Å²) in [6.07, 6.45) is 1.46. The molecule has 0 unspecified atom stereocenters. The van der Waals surface area contributed by atoms with Gasteiger partial charge in [-0.05, 0) is 36.8 Å². The number of anilines is 1. The van der Waals surface area contributed by atoms with Crippen LogP contribution < -0.4 is 10.6 Å². The van der Waals surface area contributed by atoms with Crippen LogP contribution in [0.15, 0.2) is 83.8 Å². The Morgan fingerprint density at radius 1 is 0.879 bits per heavy atom. The Morgan fingerprint density at radius 3 is 2.18 bits per heavy atom. The summed E-state index contributed by atoms with van der Waals surface area (Å²) in [7, 11) is -1.38. The van der Waals surface area contributed by atoms with E-state index < -0.39 is 29.3 Å². The van der Waals surface area contributed by atoms with Gasteiger partial charge in [-0.3, -0.25) is 13.8 Å². The predicted molar refractivity (Wildman–Crippen MR) is 126 cm³/mol. The molecule has 0 aliphatic heterocycles. The number of hydrogen-bond donors (Lipinski definition) is 2. The average Bonchev–Trinajstić information content (AvgIpc) is 2.83. The molecule has 0 aliphatic carbocycles. The van der Waals surface area contributed by atoms with Gasteiger partial charge in [0.25, 0.3) is 11.8 Å². The third kappa shape index (κ3) is 6.36. The van der Waals surface area contributed by atoms with E-state index in [0.29, 0.717) is 10.6 Å². The molecule has 8 heteroatoms. The smallest absolute Gasteiger partial charge is 0.339 e. The molecular weight excluding hydrogens is 440 g/mol. The molecule has 0 fully saturated rings. The van der Waals surface area contributed by atoms with Crippen LogP contribution in [0.1, 0.15) is 39.2 Å². The third-order valence-electron chi connectivity index (χ3n) is 4.84. The number of amides is 2. The van der Waals surface area contributed by atoms with Gasteiger partial charge < -0.3 is 15.4 Å². The van der Waals surface area contributed by atoms with Crippen LogP contribution in [0, 0.1) is 0 Å². The van der Waals surface area contributed by atoms with E-state index in [1.54, 1.807) is 42.5 Å². The quantitative estimate of drug-likeness (QED) is 0.495. The van der Waals surface area contributed by atoms with E-state index in [2.05, 4.69) is 10.6 Å². The molecule has 0 saturated carbocycles. The Morgan fingerprint density at radius 2 is 1.48 bits per heavy atom. The minimum absolute atomic E-state index is 0.140. The van der Waals surface area contributed by atoms with Gasteiger partial charge in [0, 0.05) is 6.26 Å². The predicted octanol–water partition coefficient (Wildman–Crippen LogP) is 3.71. The van der Waals surface area contributed by atoms with Gasteiger partial charge in [0.2, 0.25) is 0 Å². The summed E-state index contributed by atoms with van der Waals surface area (Å²) in [6.45, 7) is 1.31. The Hall–Kier alpha value is -3.78. The van der Waals surface area contributed by atoms with Gasteiger partial charge in [-0.2, -0.15) is 0 Å².